The molecule has 3 nitrogen and oxygen atoms in total. The van der Waals surface area contributed by atoms with Gasteiger partial charge in [-0.15, -0.1) is 0 Å². The van der Waals surface area contributed by atoms with Crippen molar-refractivity contribution >= 4 is 5.97 Å². The van der Waals surface area contributed by atoms with Crippen LogP contribution in [0.15, 0.2) is 12.2 Å². The van der Waals surface area contributed by atoms with Crippen LogP contribution in [0.25, 0.3) is 0 Å². The number of hydrogen-bond acceptors (Lipinski definition) is 3. The van der Waals surface area contributed by atoms with Crippen molar-refractivity contribution in [3.8, 4) is 0 Å². The fraction of sp³-hybridized carbons (Fsp3) is 0.824. The van der Waals surface area contributed by atoms with Gasteiger partial charge in [0.25, 0.3) is 0 Å². The molecule has 3 heteroatoms. The number of carbonyl (C=O) groups is 1. The molecular formula is C17H31NO2. The molecule has 0 atom stereocenters. The van der Waals surface area contributed by atoms with Gasteiger partial charge in [0.15, 0.2) is 0 Å². The molecule has 1 N–H and O–H groups in total. The second-order valence-electron chi connectivity index (χ2n) is 7.11. The summed E-state index contributed by atoms with van der Waals surface area (Å²) in [5.74, 6) is -0.238. The molecule has 0 aromatic heterocycles. The van der Waals surface area contributed by atoms with Crippen LogP contribution in [0.5, 0.6) is 0 Å². The number of esters is 1. The van der Waals surface area contributed by atoms with Crippen LogP contribution in [0, 0.1) is 5.41 Å². The van der Waals surface area contributed by atoms with Crippen LogP contribution in [-0.4, -0.2) is 24.7 Å². The zero-order chi connectivity index (χ0) is 15.2. The molecule has 0 unspecified atom stereocenters. The van der Waals surface area contributed by atoms with Crippen LogP contribution >= 0.6 is 0 Å². The minimum absolute atomic E-state index is 0.238. The third-order valence-electron chi connectivity index (χ3n) is 4.09. The van der Waals surface area contributed by atoms with Gasteiger partial charge in [-0.05, 0) is 71.4 Å². The van der Waals surface area contributed by atoms with Gasteiger partial charge in [-0.1, -0.05) is 19.9 Å². The molecule has 1 fully saturated rings. The molecule has 0 bridgehead atoms. The lowest BCUT2D eigenvalue weighted by Gasteiger charge is -2.38. The summed E-state index contributed by atoms with van der Waals surface area (Å²) in [4.78, 5) is 12.0. The maximum absolute atomic E-state index is 12.0. The molecule has 0 aromatic carbocycles. The summed E-state index contributed by atoms with van der Waals surface area (Å²) in [6.45, 7) is 14.0. The van der Waals surface area contributed by atoms with Crippen LogP contribution < -0.4 is 5.32 Å². The number of hydrogen-bond donors (Lipinski definition) is 1. The van der Waals surface area contributed by atoms with Crippen molar-refractivity contribution < 1.29 is 9.53 Å². The fourth-order valence-electron chi connectivity index (χ4n) is 2.98. The molecule has 20 heavy (non-hydrogen) atoms. The van der Waals surface area contributed by atoms with E-state index in [1.807, 2.05) is 20.8 Å². The normalized spacial score (nSPS) is 18.6. The largest absolute Gasteiger partial charge is 0.457 e. The van der Waals surface area contributed by atoms with Gasteiger partial charge in [0.1, 0.15) is 5.60 Å². The fourth-order valence-corrected chi connectivity index (χ4v) is 2.98. The van der Waals surface area contributed by atoms with Crippen LogP contribution in [0.2, 0.25) is 0 Å². The van der Waals surface area contributed by atoms with Crippen LogP contribution in [0.1, 0.15) is 66.2 Å². The maximum Gasteiger partial charge on any atom is 0.333 e. The first-order chi connectivity index (χ1) is 9.28. The lowest BCUT2D eigenvalue weighted by Crippen LogP contribution is -2.37. The standard InChI is InChI=1S/C17H31NO2/c1-6-8-17(10-12-18-13-11-17)9-7-14(2)15(19)20-16(3,4)5/h18H,2,6-13H2,1,3-5H3. The van der Waals surface area contributed by atoms with E-state index in [-0.39, 0.29) is 5.97 Å². The van der Waals surface area contributed by atoms with Crippen molar-refractivity contribution in [3.63, 3.8) is 0 Å². The summed E-state index contributed by atoms with van der Waals surface area (Å²) in [7, 11) is 0. The Balaban J connectivity index is 2.50. The van der Waals surface area contributed by atoms with Crippen molar-refractivity contribution in [2.24, 2.45) is 5.41 Å². The topological polar surface area (TPSA) is 38.3 Å². The lowest BCUT2D eigenvalue weighted by molar-refractivity contribution is -0.150. The van der Waals surface area contributed by atoms with E-state index in [4.69, 9.17) is 4.74 Å². The van der Waals surface area contributed by atoms with Gasteiger partial charge in [0, 0.05) is 5.57 Å². The third kappa shape index (κ3) is 5.66. The van der Waals surface area contributed by atoms with Gasteiger partial charge in [-0.2, -0.15) is 0 Å². The summed E-state index contributed by atoms with van der Waals surface area (Å²) < 4.78 is 5.38. The Bertz CT molecular complexity index is 330. The van der Waals surface area contributed by atoms with E-state index in [9.17, 15) is 4.79 Å². The van der Waals surface area contributed by atoms with E-state index in [0.717, 1.165) is 25.9 Å². The summed E-state index contributed by atoms with van der Waals surface area (Å²) in [6, 6.07) is 0. The second kappa shape index (κ2) is 7.26. The zero-order valence-electron chi connectivity index (χ0n) is 13.7. The quantitative estimate of drug-likeness (QED) is 0.594. The minimum Gasteiger partial charge on any atom is -0.457 e. The number of ether oxygens (including phenoxy) is 1. The first-order valence-corrected chi connectivity index (χ1v) is 7.90. The van der Waals surface area contributed by atoms with Crippen molar-refractivity contribution in [2.45, 2.75) is 71.8 Å². The minimum atomic E-state index is -0.435. The van der Waals surface area contributed by atoms with Gasteiger partial charge in [-0.3, -0.25) is 0 Å². The van der Waals surface area contributed by atoms with E-state index in [0.29, 0.717) is 11.0 Å². The monoisotopic (exact) mass is 281 g/mol. The Kier molecular flexibility index (Phi) is 6.25. The first kappa shape index (κ1) is 17.2. The Labute approximate surface area is 124 Å². The zero-order valence-corrected chi connectivity index (χ0v) is 13.7. The molecule has 0 amide bonds. The molecule has 116 valence electrons. The summed E-state index contributed by atoms with van der Waals surface area (Å²) in [6.07, 6.45) is 6.69. The van der Waals surface area contributed by atoms with Crippen LogP contribution in [0.4, 0.5) is 0 Å². The molecule has 1 aliphatic rings. The average Bonchev–Trinajstić information content (AvgIpc) is 2.35. The Morgan fingerprint density at radius 1 is 1.25 bits per heavy atom. The van der Waals surface area contributed by atoms with Crippen LogP contribution in [-0.2, 0) is 9.53 Å². The van der Waals surface area contributed by atoms with Crippen molar-refractivity contribution in [1.82, 2.24) is 5.32 Å². The number of carbonyl (C=O) groups excluding carboxylic acids is 1. The molecule has 0 spiro atoms. The average molecular weight is 281 g/mol. The van der Waals surface area contributed by atoms with Gasteiger partial charge >= 0.3 is 5.97 Å². The Hall–Kier alpha value is -0.830. The number of piperidine rings is 1. The van der Waals surface area contributed by atoms with Crippen LogP contribution in [0.3, 0.4) is 0 Å². The second-order valence-corrected chi connectivity index (χ2v) is 7.11. The molecule has 0 radical (unpaired) electrons. The van der Waals surface area contributed by atoms with Crippen molar-refractivity contribution in [3.05, 3.63) is 12.2 Å². The van der Waals surface area contributed by atoms with Gasteiger partial charge in [0.05, 0.1) is 0 Å². The highest BCUT2D eigenvalue weighted by Crippen LogP contribution is 2.39. The van der Waals surface area contributed by atoms with Gasteiger partial charge < -0.3 is 10.1 Å². The number of rotatable bonds is 6. The summed E-state index contributed by atoms with van der Waals surface area (Å²) >= 11 is 0. The van der Waals surface area contributed by atoms with E-state index in [1.165, 1.54) is 25.7 Å². The molecule has 0 aromatic rings. The van der Waals surface area contributed by atoms with Crippen molar-refractivity contribution in [2.75, 3.05) is 13.1 Å². The highest BCUT2D eigenvalue weighted by Gasteiger charge is 2.31. The van der Waals surface area contributed by atoms with E-state index in [2.05, 4.69) is 18.8 Å². The van der Waals surface area contributed by atoms with Gasteiger partial charge in [-0.25, -0.2) is 4.79 Å². The molecule has 1 saturated heterocycles. The molecule has 1 aliphatic heterocycles. The first-order valence-electron chi connectivity index (χ1n) is 7.90. The molecular weight excluding hydrogens is 250 g/mol. The molecule has 1 rings (SSSR count). The number of nitrogens with one attached hydrogen (secondary N) is 1. The lowest BCUT2D eigenvalue weighted by atomic mass is 9.71. The summed E-state index contributed by atoms with van der Waals surface area (Å²) in [5.41, 5.74) is 0.579. The van der Waals surface area contributed by atoms with E-state index < -0.39 is 5.60 Å². The highest BCUT2D eigenvalue weighted by molar-refractivity contribution is 5.87. The molecule has 0 saturated carbocycles. The van der Waals surface area contributed by atoms with E-state index in [1.54, 1.807) is 0 Å². The van der Waals surface area contributed by atoms with E-state index >= 15 is 0 Å². The van der Waals surface area contributed by atoms with Gasteiger partial charge in [0.2, 0.25) is 0 Å². The Morgan fingerprint density at radius 2 is 1.85 bits per heavy atom. The summed E-state index contributed by atoms with van der Waals surface area (Å²) in [5, 5.41) is 3.43. The highest BCUT2D eigenvalue weighted by atomic mass is 16.6. The smallest absolute Gasteiger partial charge is 0.333 e. The SMILES string of the molecule is C=C(CCC1(CCC)CCNCC1)C(=O)OC(C)(C)C. The third-order valence-corrected chi connectivity index (χ3v) is 4.09. The predicted octanol–water partition coefficient (Wildman–Crippen LogP) is 3.83. The molecule has 1 heterocycles. The molecule has 0 aliphatic carbocycles. The van der Waals surface area contributed by atoms with Crippen molar-refractivity contribution in [1.29, 1.82) is 0 Å². The maximum atomic E-state index is 12.0. The predicted molar refractivity (Wildman–Crippen MR) is 83.7 cm³/mol. The Morgan fingerprint density at radius 3 is 2.35 bits per heavy atom.